The first kappa shape index (κ1) is 12.2. The van der Waals surface area contributed by atoms with Crippen molar-refractivity contribution in [2.75, 3.05) is 5.73 Å². The van der Waals surface area contributed by atoms with E-state index in [9.17, 15) is 9.70 Å². The molecule has 0 aliphatic heterocycles. The Hall–Kier alpha value is -2.28. The second-order valence-electron chi connectivity index (χ2n) is 3.76. The number of anilines is 1. The molecule has 1 aromatic carbocycles. The molecular formula is C11H10N4O2S. The van der Waals surface area contributed by atoms with Gasteiger partial charge in [-0.05, 0) is 42.0 Å². The van der Waals surface area contributed by atoms with Crippen molar-refractivity contribution in [3.8, 4) is 5.69 Å². The lowest BCUT2D eigenvalue weighted by atomic mass is 10.2. The lowest BCUT2D eigenvalue weighted by Gasteiger charge is -2.11. The van der Waals surface area contributed by atoms with Crippen LogP contribution in [-0.2, 0) is 0 Å². The number of aryl methyl sites for hydroxylation is 1. The van der Waals surface area contributed by atoms with Crippen molar-refractivity contribution in [3.63, 3.8) is 0 Å². The molecule has 0 atom stereocenters. The average Bonchev–Trinajstić information content (AvgIpc) is 2.28. The third kappa shape index (κ3) is 1.95. The molecule has 92 valence electrons. The largest absolute Gasteiger partial charge is 0.383 e. The summed E-state index contributed by atoms with van der Waals surface area (Å²) in [6.45, 7) is 1.91. The van der Waals surface area contributed by atoms with Crippen molar-refractivity contribution in [2.45, 2.75) is 6.92 Å². The van der Waals surface area contributed by atoms with Crippen LogP contribution in [0, 0.1) is 16.6 Å². The van der Waals surface area contributed by atoms with Gasteiger partial charge in [0.05, 0.1) is 5.69 Å². The summed E-state index contributed by atoms with van der Waals surface area (Å²) in [4.78, 5) is 24.4. The molecule has 18 heavy (non-hydrogen) atoms. The summed E-state index contributed by atoms with van der Waals surface area (Å²) in [5, 5.41) is 2.63. The first-order chi connectivity index (χ1) is 8.54. The molecule has 2 aromatic rings. The highest BCUT2D eigenvalue weighted by molar-refractivity contribution is 7.71. The topological polar surface area (TPSA) is 93.2 Å². The number of aromatic nitrogens is 2. The van der Waals surface area contributed by atoms with E-state index in [0.717, 1.165) is 5.56 Å². The lowest BCUT2D eigenvalue weighted by molar-refractivity contribution is 0.947. The van der Waals surface area contributed by atoms with Gasteiger partial charge in [0.25, 0.3) is 5.56 Å². The van der Waals surface area contributed by atoms with Gasteiger partial charge in [0.2, 0.25) is 5.69 Å². The van der Waals surface area contributed by atoms with E-state index in [-0.39, 0.29) is 16.3 Å². The molecule has 0 bridgehead atoms. The van der Waals surface area contributed by atoms with Crippen LogP contribution in [0.5, 0.6) is 0 Å². The molecule has 0 aliphatic rings. The number of nitroso groups, excluding NO2 is 1. The molecule has 2 rings (SSSR count). The molecule has 1 heterocycles. The van der Waals surface area contributed by atoms with Crippen LogP contribution in [0.4, 0.5) is 11.5 Å². The minimum atomic E-state index is -0.684. The first-order valence-corrected chi connectivity index (χ1v) is 5.50. The Morgan fingerprint density at radius 3 is 2.78 bits per heavy atom. The van der Waals surface area contributed by atoms with Gasteiger partial charge in [0.1, 0.15) is 5.82 Å². The third-order valence-electron chi connectivity index (χ3n) is 2.47. The maximum atomic E-state index is 11.4. The molecule has 1 aromatic heterocycles. The third-order valence-corrected chi connectivity index (χ3v) is 2.76. The summed E-state index contributed by atoms with van der Waals surface area (Å²) in [5.41, 5.74) is 6.37. The highest BCUT2D eigenvalue weighted by Crippen LogP contribution is 2.21. The normalized spacial score (nSPS) is 10.3. The summed E-state index contributed by atoms with van der Waals surface area (Å²) in [7, 11) is 0. The van der Waals surface area contributed by atoms with Crippen molar-refractivity contribution in [1.82, 2.24) is 9.55 Å². The molecule has 6 nitrogen and oxygen atoms in total. The standard InChI is InChI=1S/C11H10N4O2S/c1-6-3-2-4-7(5-6)15-9(12)8(14-17)10(16)13-11(15)18/h2-5H,12H2,1H3,(H,13,16,18). The van der Waals surface area contributed by atoms with Gasteiger partial charge < -0.3 is 5.73 Å². The quantitative estimate of drug-likeness (QED) is 0.640. The van der Waals surface area contributed by atoms with Gasteiger partial charge in [-0.3, -0.25) is 14.3 Å². The Bertz CT molecular complexity index is 733. The highest BCUT2D eigenvalue weighted by Gasteiger charge is 2.12. The van der Waals surface area contributed by atoms with Crippen LogP contribution in [0.25, 0.3) is 5.69 Å². The predicted molar refractivity (Wildman–Crippen MR) is 71.8 cm³/mol. The van der Waals surface area contributed by atoms with E-state index in [1.165, 1.54) is 4.57 Å². The van der Waals surface area contributed by atoms with Gasteiger partial charge in [0, 0.05) is 0 Å². The zero-order chi connectivity index (χ0) is 13.3. The Kier molecular flexibility index (Phi) is 3.07. The second kappa shape index (κ2) is 4.53. The average molecular weight is 262 g/mol. The van der Waals surface area contributed by atoms with Gasteiger partial charge in [-0.2, -0.15) is 0 Å². The number of benzene rings is 1. The number of H-pyrrole nitrogens is 1. The van der Waals surface area contributed by atoms with E-state index in [1.807, 2.05) is 25.1 Å². The molecule has 0 spiro atoms. The van der Waals surface area contributed by atoms with Crippen LogP contribution < -0.4 is 11.3 Å². The molecule has 3 N–H and O–H groups in total. The summed E-state index contributed by atoms with van der Waals surface area (Å²) in [6, 6.07) is 7.34. The van der Waals surface area contributed by atoms with Crippen molar-refractivity contribution in [2.24, 2.45) is 5.18 Å². The molecule has 0 saturated carbocycles. The number of nitrogens with zero attached hydrogens (tertiary/aromatic N) is 2. The zero-order valence-corrected chi connectivity index (χ0v) is 10.3. The van der Waals surface area contributed by atoms with Gasteiger partial charge in [0.15, 0.2) is 4.77 Å². The zero-order valence-electron chi connectivity index (χ0n) is 9.51. The van der Waals surface area contributed by atoms with Crippen LogP contribution >= 0.6 is 12.2 Å². The molecule has 0 fully saturated rings. The van der Waals surface area contributed by atoms with E-state index >= 15 is 0 Å². The summed E-state index contributed by atoms with van der Waals surface area (Å²) in [5.74, 6) is -0.0654. The van der Waals surface area contributed by atoms with Crippen LogP contribution in [0.3, 0.4) is 0 Å². The number of hydrogen-bond donors (Lipinski definition) is 2. The molecule has 7 heteroatoms. The first-order valence-electron chi connectivity index (χ1n) is 5.10. The van der Waals surface area contributed by atoms with Crippen LogP contribution in [0.2, 0.25) is 0 Å². The van der Waals surface area contributed by atoms with Crippen molar-refractivity contribution in [3.05, 3.63) is 49.9 Å². The summed E-state index contributed by atoms with van der Waals surface area (Å²) in [6.07, 6.45) is 0. The molecule has 0 radical (unpaired) electrons. The molecule has 0 unspecified atom stereocenters. The van der Waals surface area contributed by atoms with Crippen molar-refractivity contribution < 1.29 is 0 Å². The maximum absolute atomic E-state index is 11.4. The number of aromatic amines is 1. The fourth-order valence-corrected chi connectivity index (χ4v) is 1.95. The molecular weight excluding hydrogens is 252 g/mol. The van der Waals surface area contributed by atoms with E-state index in [4.69, 9.17) is 18.0 Å². The summed E-state index contributed by atoms with van der Waals surface area (Å²) < 4.78 is 1.52. The van der Waals surface area contributed by atoms with Crippen LogP contribution in [-0.4, -0.2) is 9.55 Å². The number of rotatable bonds is 2. The predicted octanol–water partition coefficient (Wildman–Crippen LogP) is 2.18. The Morgan fingerprint density at radius 1 is 1.44 bits per heavy atom. The van der Waals surface area contributed by atoms with Gasteiger partial charge in [-0.1, -0.05) is 12.1 Å². The van der Waals surface area contributed by atoms with E-state index in [0.29, 0.717) is 5.69 Å². The second-order valence-corrected chi connectivity index (χ2v) is 4.15. The van der Waals surface area contributed by atoms with E-state index in [1.54, 1.807) is 6.07 Å². The summed E-state index contributed by atoms with van der Waals surface area (Å²) >= 11 is 5.04. The minimum absolute atomic E-state index is 0.0654. The number of nitrogens with one attached hydrogen (secondary N) is 1. The number of nitrogen functional groups attached to an aromatic ring is 1. The lowest BCUT2D eigenvalue weighted by Crippen LogP contribution is -2.16. The van der Waals surface area contributed by atoms with Crippen LogP contribution in [0.1, 0.15) is 5.56 Å². The fraction of sp³-hybridized carbons (Fsp3) is 0.0909. The Labute approximate surface area is 107 Å². The van der Waals surface area contributed by atoms with E-state index in [2.05, 4.69) is 10.2 Å². The van der Waals surface area contributed by atoms with Crippen molar-refractivity contribution in [1.29, 1.82) is 0 Å². The minimum Gasteiger partial charge on any atom is -0.383 e. The Morgan fingerprint density at radius 2 is 2.17 bits per heavy atom. The van der Waals surface area contributed by atoms with Crippen LogP contribution in [0.15, 0.2) is 34.2 Å². The van der Waals surface area contributed by atoms with Gasteiger partial charge in [-0.15, -0.1) is 4.91 Å². The number of hydrogen-bond acceptors (Lipinski definition) is 5. The molecule has 0 saturated heterocycles. The SMILES string of the molecule is Cc1cccc(-n2c(N)c(N=O)c(=O)[nH]c2=S)c1. The van der Waals surface area contributed by atoms with Gasteiger partial charge in [-0.25, -0.2) is 0 Å². The highest BCUT2D eigenvalue weighted by atomic mass is 32.1. The fourth-order valence-electron chi connectivity index (χ4n) is 1.66. The maximum Gasteiger partial charge on any atom is 0.283 e. The smallest absolute Gasteiger partial charge is 0.283 e. The Balaban J connectivity index is 2.84. The van der Waals surface area contributed by atoms with Crippen molar-refractivity contribution >= 4 is 23.7 Å². The molecule has 0 aliphatic carbocycles. The van der Waals surface area contributed by atoms with E-state index < -0.39 is 5.56 Å². The number of nitrogens with two attached hydrogens (primary N) is 1. The molecule has 0 amide bonds. The monoisotopic (exact) mass is 262 g/mol. The van der Waals surface area contributed by atoms with Gasteiger partial charge >= 0.3 is 0 Å².